The summed E-state index contributed by atoms with van der Waals surface area (Å²) in [6, 6.07) is 10.5. The molecule has 1 aliphatic rings. The molecule has 0 radical (unpaired) electrons. The summed E-state index contributed by atoms with van der Waals surface area (Å²) in [5.41, 5.74) is 6.16. The third kappa shape index (κ3) is 3.85. The average Bonchev–Trinajstić information content (AvgIpc) is 3.00. The number of nitrogens with zero attached hydrogens (tertiary/aromatic N) is 4. The van der Waals surface area contributed by atoms with Crippen LogP contribution in [0.1, 0.15) is 28.5 Å². The molecule has 1 atom stereocenters. The number of fused-ring (bicyclic) bond motifs is 3. The van der Waals surface area contributed by atoms with Crippen molar-refractivity contribution in [1.29, 1.82) is 0 Å². The van der Waals surface area contributed by atoms with E-state index in [0.29, 0.717) is 6.54 Å². The van der Waals surface area contributed by atoms with Gasteiger partial charge in [-0.25, -0.2) is 4.79 Å². The van der Waals surface area contributed by atoms with E-state index >= 15 is 0 Å². The highest BCUT2D eigenvalue weighted by Crippen LogP contribution is 2.33. The fraction of sp³-hybridized carbons (Fsp3) is 0.391. The molecule has 0 bridgehead atoms. The highest BCUT2D eigenvalue weighted by molar-refractivity contribution is 5.86. The Bertz CT molecular complexity index is 1030. The van der Waals surface area contributed by atoms with Crippen molar-refractivity contribution in [2.75, 3.05) is 27.7 Å². The molecule has 152 valence electrons. The van der Waals surface area contributed by atoms with Crippen LogP contribution in [0.3, 0.4) is 0 Å². The van der Waals surface area contributed by atoms with E-state index in [1.807, 2.05) is 12.1 Å². The highest BCUT2D eigenvalue weighted by Gasteiger charge is 2.26. The second kappa shape index (κ2) is 7.87. The van der Waals surface area contributed by atoms with Crippen LogP contribution >= 0.6 is 0 Å². The largest absolute Gasteiger partial charge is 0.439 e. The number of hydrogen-bond acceptors (Lipinski definition) is 4. The van der Waals surface area contributed by atoms with Crippen molar-refractivity contribution in [2.24, 2.45) is 0 Å². The number of amides is 1. The summed E-state index contributed by atoms with van der Waals surface area (Å²) in [7, 11) is 5.58. The van der Waals surface area contributed by atoms with Gasteiger partial charge < -0.3 is 19.1 Å². The minimum atomic E-state index is -0.381. The fourth-order valence-electron chi connectivity index (χ4n) is 4.09. The van der Waals surface area contributed by atoms with Gasteiger partial charge in [-0.1, -0.05) is 11.6 Å². The average molecular weight is 393 g/mol. The predicted molar refractivity (Wildman–Crippen MR) is 114 cm³/mol. The molecule has 1 aliphatic heterocycles. The number of hydrogen-bond donors (Lipinski definition) is 0. The van der Waals surface area contributed by atoms with Gasteiger partial charge in [0.1, 0.15) is 6.10 Å². The predicted octanol–water partition coefficient (Wildman–Crippen LogP) is 3.77. The van der Waals surface area contributed by atoms with Gasteiger partial charge in [0.05, 0.1) is 6.54 Å². The standard InChI is InChI=1S/C23H28N4O2/c1-16-5-6-20-18(13-16)19-14-26(4)12-9-21(19)27(20)15-22(29-23(28)25(2)3)17-7-10-24-11-8-17/h5-8,10-11,13,22H,9,12,14-15H2,1-4H3. The van der Waals surface area contributed by atoms with Gasteiger partial charge >= 0.3 is 6.09 Å². The van der Waals surface area contributed by atoms with Gasteiger partial charge in [-0.05, 0) is 49.4 Å². The maximum absolute atomic E-state index is 12.4. The first-order valence-corrected chi connectivity index (χ1v) is 10.0. The maximum atomic E-state index is 12.4. The Morgan fingerprint density at radius 1 is 1.24 bits per heavy atom. The molecule has 0 spiro atoms. The van der Waals surface area contributed by atoms with Gasteiger partial charge in [0.15, 0.2) is 0 Å². The molecule has 0 fully saturated rings. The molecular formula is C23H28N4O2. The first-order chi connectivity index (χ1) is 13.9. The van der Waals surface area contributed by atoms with Gasteiger partial charge in [-0.3, -0.25) is 4.98 Å². The van der Waals surface area contributed by atoms with Crippen molar-refractivity contribution in [3.8, 4) is 0 Å². The van der Waals surface area contributed by atoms with E-state index in [2.05, 4.69) is 46.6 Å². The molecule has 0 N–H and O–H groups in total. The molecule has 2 aromatic heterocycles. The topological polar surface area (TPSA) is 50.6 Å². The number of carbonyl (C=O) groups excluding carboxylic acids is 1. The number of aryl methyl sites for hydroxylation is 1. The number of carbonyl (C=O) groups is 1. The molecule has 1 amide bonds. The van der Waals surface area contributed by atoms with Crippen LogP contribution in [0, 0.1) is 6.92 Å². The van der Waals surface area contributed by atoms with Crippen molar-refractivity contribution >= 4 is 17.0 Å². The van der Waals surface area contributed by atoms with Gasteiger partial charge in [-0.15, -0.1) is 0 Å². The summed E-state index contributed by atoms with van der Waals surface area (Å²) < 4.78 is 8.24. The molecule has 1 aromatic carbocycles. The van der Waals surface area contributed by atoms with Gasteiger partial charge in [0.25, 0.3) is 0 Å². The lowest BCUT2D eigenvalue weighted by Gasteiger charge is -2.26. The normalized spacial score (nSPS) is 15.2. The van der Waals surface area contributed by atoms with Crippen LogP contribution < -0.4 is 0 Å². The Labute approximate surface area is 171 Å². The molecule has 1 unspecified atom stereocenters. The van der Waals surface area contributed by atoms with E-state index in [1.54, 1.807) is 26.5 Å². The number of aromatic nitrogens is 2. The number of pyridine rings is 1. The number of rotatable bonds is 4. The Hall–Kier alpha value is -2.86. The minimum absolute atomic E-state index is 0.340. The molecule has 4 rings (SSSR count). The van der Waals surface area contributed by atoms with Gasteiger partial charge in [0.2, 0.25) is 0 Å². The molecule has 0 aliphatic carbocycles. The van der Waals surface area contributed by atoms with Crippen LogP contribution in [-0.2, 0) is 24.2 Å². The Morgan fingerprint density at radius 3 is 2.72 bits per heavy atom. The summed E-state index contributed by atoms with van der Waals surface area (Å²) in [4.78, 5) is 20.3. The molecule has 29 heavy (non-hydrogen) atoms. The Morgan fingerprint density at radius 2 is 2.00 bits per heavy atom. The lowest BCUT2D eigenvalue weighted by atomic mass is 10.0. The summed E-state index contributed by atoms with van der Waals surface area (Å²) in [5, 5.41) is 1.30. The molecule has 3 aromatic rings. The summed E-state index contributed by atoms with van der Waals surface area (Å²) >= 11 is 0. The van der Waals surface area contributed by atoms with Crippen molar-refractivity contribution in [3.05, 3.63) is 65.1 Å². The molecular weight excluding hydrogens is 364 g/mol. The zero-order valence-electron chi connectivity index (χ0n) is 17.6. The third-order valence-corrected chi connectivity index (χ3v) is 5.64. The van der Waals surface area contributed by atoms with Crippen LogP contribution in [0.4, 0.5) is 4.79 Å². The van der Waals surface area contributed by atoms with Gasteiger partial charge in [-0.2, -0.15) is 0 Å². The fourth-order valence-corrected chi connectivity index (χ4v) is 4.09. The van der Waals surface area contributed by atoms with Crippen LogP contribution in [-0.4, -0.2) is 53.1 Å². The van der Waals surface area contributed by atoms with Crippen LogP contribution in [0.15, 0.2) is 42.7 Å². The van der Waals surface area contributed by atoms with Crippen molar-refractivity contribution < 1.29 is 9.53 Å². The van der Waals surface area contributed by atoms with Crippen LogP contribution in [0.25, 0.3) is 10.9 Å². The quantitative estimate of drug-likeness (QED) is 0.678. The van der Waals surface area contributed by atoms with Gasteiger partial charge in [0, 0.05) is 62.6 Å². The van der Waals surface area contributed by atoms with Crippen LogP contribution in [0.2, 0.25) is 0 Å². The van der Waals surface area contributed by atoms with Crippen molar-refractivity contribution in [3.63, 3.8) is 0 Å². The molecule has 0 saturated heterocycles. The van der Waals surface area contributed by atoms with E-state index < -0.39 is 0 Å². The van der Waals surface area contributed by atoms with Crippen molar-refractivity contribution in [1.82, 2.24) is 19.4 Å². The van der Waals surface area contributed by atoms with E-state index in [4.69, 9.17) is 4.74 Å². The third-order valence-electron chi connectivity index (χ3n) is 5.64. The zero-order valence-corrected chi connectivity index (χ0v) is 17.6. The summed E-state index contributed by atoms with van der Waals surface area (Å²) in [6.07, 6.45) is 3.76. The Kier molecular flexibility index (Phi) is 5.28. The molecule has 6 heteroatoms. The van der Waals surface area contributed by atoms with E-state index in [-0.39, 0.29) is 12.2 Å². The molecule has 0 saturated carbocycles. The second-order valence-corrected chi connectivity index (χ2v) is 8.09. The molecule has 3 heterocycles. The van der Waals surface area contributed by atoms with Crippen LogP contribution in [0.5, 0.6) is 0 Å². The van der Waals surface area contributed by atoms with Crippen molar-refractivity contribution in [2.45, 2.75) is 32.5 Å². The van der Waals surface area contributed by atoms with E-state index in [1.165, 1.54) is 32.6 Å². The number of benzene rings is 1. The smallest absolute Gasteiger partial charge is 0.409 e. The SMILES string of the molecule is Cc1ccc2c(c1)c1c(n2CC(OC(=O)N(C)C)c2ccncc2)CCN(C)C1. The lowest BCUT2D eigenvalue weighted by Crippen LogP contribution is -2.29. The lowest BCUT2D eigenvalue weighted by molar-refractivity contribution is 0.0656. The first kappa shape index (κ1) is 19.5. The zero-order chi connectivity index (χ0) is 20.5. The summed E-state index contributed by atoms with van der Waals surface area (Å²) in [6.45, 7) is 4.69. The summed E-state index contributed by atoms with van der Waals surface area (Å²) in [5.74, 6) is 0. The number of likely N-dealkylation sites (N-methyl/N-ethyl adjacent to an activating group) is 1. The maximum Gasteiger partial charge on any atom is 0.409 e. The monoisotopic (exact) mass is 392 g/mol. The number of ether oxygens (including phenoxy) is 1. The van der Waals surface area contributed by atoms with E-state index in [0.717, 1.165) is 25.1 Å². The molecule has 6 nitrogen and oxygen atoms in total. The first-order valence-electron chi connectivity index (χ1n) is 10.0. The highest BCUT2D eigenvalue weighted by atomic mass is 16.6. The second-order valence-electron chi connectivity index (χ2n) is 8.09. The van der Waals surface area contributed by atoms with E-state index in [9.17, 15) is 4.79 Å². The minimum Gasteiger partial charge on any atom is -0.439 e. The Balaban J connectivity index is 1.79.